The number of aryl methyl sites for hydroxylation is 1. The van der Waals surface area contributed by atoms with Crippen LogP contribution in [0.3, 0.4) is 0 Å². The SMILES string of the molecule is CN(C(=O)CCc1cccc(F)c1Cl)[C@@H](CCC(=O)N1CCNC(C)(C)C1)COC(=O)Nc1cc2ccccc2cn1. The number of aromatic nitrogens is 1. The van der Waals surface area contributed by atoms with Crippen LogP contribution in [0.2, 0.25) is 5.02 Å². The molecule has 1 aromatic heterocycles. The van der Waals surface area contributed by atoms with Crippen LogP contribution in [-0.2, 0) is 20.7 Å². The number of hydrogen-bond acceptors (Lipinski definition) is 6. The van der Waals surface area contributed by atoms with Gasteiger partial charge in [0.15, 0.2) is 0 Å². The highest BCUT2D eigenvalue weighted by Crippen LogP contribution is 2.22. The van der Waals surface area contributed by atoms with Gasteiger partial charge in [-0.2, -0.15) is 0 Å². The third-order valence-electron chi connectivity index (χ3n) is 7.46. The van der Waals surface area contributed by atoms with E-state index in [1.807, 2.05) is 43.0 Å². The average Bonchev–Trinajstić information content (AvgIpc) is 2.96. The van der Waals surface area contributed by atoms with Crippen molar-refractivity contribution in [3.05, 3.63) is 71.1 Å². The lowest BCUT2D eigenvalue weighted by molar-refractivity contribution is -0.136. The number of anilines is 1. The summed E-state index contributed by atoms with van der Waals surface area (Å²) >= 11 is 6.06. The maximum absolute atomic E-state index is 13.9. The minimum atomic E-state index is -0.717. The lowest BCUT2D eigenvalue weighted by Gasteiger charge is -2.39. The number of carbonyl (C=O) groups excluding carboxylic acids is 3. The molecule has 0 spiro atoms. The molecular formula is C31H37ClFN5O4. The van der Waals surface area contributed by atoms with Crippen LogP contribution >= 0.6 is 11.6 Å². The number of pyridine rings is 1. The van der Waals surface area contributed by atoms with E-state index >= 15 is 0 Å². The summed E-state index contributed by atoms with van der Waals surface area (Å²) in [5.74, 6) is -0.464. The number of hydrogen-bond donors (Lipinski definition) is 2. The Labute approximate surface area is 250 Å². The summed E-state index contributed by atoms with van der Waals surface area (Å²) in [7, 11) is 1.62. The lowest BCUT2D eigenvalue weighted by Crippen LogP contribution is -2.58. The van der Waals surface area contributed by atoms with Gasteiger partial charge in [0.1, 0.15) is 18.2 Å². The molecule has 0 radical (unpaired) electrons. The lowest BCUT2D eigenvalue weighted by atomic mass is 10.0. The zero-order valence-electron chi connectivity index (χ0n) is 24.2. The predicted molar refractivity (Wildman–Crippen MR) is 161 cm³/mol. The van der Waals surface area contributed by atoms with Crippen LogP contribution in [0.15, 0.2) is 54.7 Å². The molecule has 0 saturated carbocycles. The number of fused-ring (bicyclic) bond motifs is 1. The highest BCUT2D eigenvalue weighted by atomic mass is 35.5. The summed E-state index contributed by atoms with van der Waals surface area (Å²) in [6.07, 6.45) is 1.75. The van der Waals surface area contributed by atoms with Gasteiger partial charge in [-0.3, -0.25) is 14.9 Å². The Morgan fingerprint density at radius 1 is 1.17 bits per heavy atom. The molecule has 42 heavy (non-hydrogen) atoms. The Morgan fingerprint density at radius 3 is 2.69 bits per heavy atom. The molecule has 0 bridgehead atoms. The van der Waals surface area contributed by atoms with E-state index in [4.69, 9.17) is 16.3 Å². The molecule has 2 heterocycles. The Hall–Kier alpha value is -3.76. The fourth-order valence-corrected chi connectivity index (χ4v) is 5.24. The van der Waals surface area contributed by atoms with Gasteiger partial charge in [-0.15, -0.1) is 0 Å². The number of nitrogens with one attached hydrogen (secondary N) is 2. The van der Waals surface area contributed by atoms with E-state index in [9.17, 15) is 18.8 Å². The minimum Gasteiger partial charge on any atom is -0.447 e. The first-order valence-corrected chi connectivity index (χ1v) is 14.4. The number of rotatable bonds is 10. The van der Waals surface area contributed by atoms with Crippen molar-refractivity contribution in [2.45, 2.75) is 51.1 Å². The van der Waals surface area contributed by atoms with Crippen molar-refractivity contribution < 1.29 is 23.5 Å². The molecule has 1 aliphatic rings. The average molecular weight is 598 g/mol. The summed E-state index contributed by atoms with van der Waals surface area (Å²) in [5, 5.41) is 7.87. The van der Waals surface area contributed by atoms with E-state index in [1.54, 1.807) is 31.4 Å². The quantitative estimate of drug-likeness (QED) is 0.340. The zero-order valence-corrected chi connectivity index (χ0v) is 24.9. The van der Waals surface area contributed by atoms with Gasteiger partial charge in [-0.25, -0.2) is 14.2 Å². The number of ether oxygens (including phenoxy) is 1. The van der Waals surface area contributed by atoms with Crippen molar-refractivity contribution in [1.29, 1.82) is 0 Å². The number of carbonyl (C=O) groups is 3. The molecule has 0 aliphatic carbocycles. The highest BCUT2D eigenvalue weighted by molar-refractivity contribution is 6.31. The zero-order chi connectivity index (χ0) is 30.3. The predicted octanol–water partition coefficient (Wildman–Crippen LogP) is 5.03. The second-order valence-corrected chi connectivity index (χ2v) is 11.6. The van der Waals surface area contributed by atoms with Gasteiger partial charge in [0, 0.05) is 56.6 Å². The first-order chi connectivity index (χ1) is 20.0. The van der Waals surface area contributed by atoms with Gasteiger partial charge in [0.25, 0.3) is 0 Å². The topological polar surface area (TPSA) is 104 Å². The van der Waals surface area contributed by atoms with Gasteiger partial charge < -0.3 is 19.9 Å². The van der Waals surface area contributed by atoms with E-state index in [1.165, 1.54) is 11.0 Å². The van der Waals surface area contributed by atoms with Crippen molar-refractivity contribution in [2.24, 2.45) is 0 Å². The van der Waals surface area contributed by atoms with Crippen LogP contribution in [0.4, 0.5) is 15.0 Å². The number of piperazine rings is 1. The van der Waals surface area contributed by atoms with Crippen molar-refractivity contribution in [1.82, 2.24) is 20.1 Å². The molecule has 224 valence electrons. The maximum Gasteiger partial charge on any atom is 0.412 e. The molecule has 1 aliphatic heterocycles. The third-order valence-corrected chi connectivity index (χ3v) is 7.89. The normalized spacial score (nSPS) is 15.2. The number of likely N-dealkylation sites (N-methyl/N-ethyl adjacent to an activating group) is 1. The fraction of sp³-hybridized carbons (Fsp3) is 0.419. The van der Waals surface area contributed by atoms with E-state index in [2.05, 4.69) is 15.6 Å². The van der Waals surface area contributed by atoms with Gasteiger partial charge >= 0.3 is 6.09 Å². The molecule has 0 unspecified atom stereocenters. The third kappa shape index (κ3) is 8.39. The van der Waals surface area contributed by atoms with Crippen LogP contribution in [0, 0.1) is 5.82 Å². The Kier molecular flexibility index (Phi) is 10.3. The first kappa shape index (κ1) is 31.2. The van der Waals surface area contributed by atoms with E-state index in [-0.39, 0.29) is 48.2 Å². The summed E-state index contributed by atoms with van der Waals surface area (Å²) in [6.45, 7) is 5.86. The second-order valence-electron chi connectivity index (χ2n) is 11.2. The van der Waals surface area contributed by atoms with Gasteiger partial charge in [-0.1, -0.05) is 48.0 Å². The minimum absolute atomic E-state index is 0.00338. The van der Waals surface area contributed by atoms with Crippen LogP contribution in [0.5, 0.6) is 0 Å². The molecule has 3 amide bonds. The molecule has 1 atom stereocenters. The summed E-state index contributed by atoms with van der Waals surface area (Å²) in [6, 6.07) is 13.3. The van der Waals surface area contributed by atoms with Gasteiger partial charge in [0.05, 0.1) is 11.1 Å². The van der Waals surface area contributed by atoms with Crippen LogP contribution in [0.25, 0.3) is 10.8 Å². The Balaban J connectivity index is 1.39. The number of benzene rings is 2. The summed E-state index contributed by atoms with van der Waals surface area (Å²) in [5.41, 5.74) is 0.348. The number of amides is 3. The monoisotopic (exact) mass is 597 g/mol. The van der Waals surface area contributed by atoms with Gasteiger partial charge in [-0.05, 0) is 49.8 Å². The van der Waals surface area contributed by atoms with Gasteiger partial charge in [0.2, 0.25) is 11.8 Å². The smallest absolute Gasteiger partial charge is 0.412 e. The highest BCUT2D eigenvalue weighted by Gasteiger charge is 2.30. The molecule has 1 saturated heterocycles. The van der Waals surface area contributed by atoms with Crippen LogP contribution in [0.1, 0.15) is 38.7 Å². The van der Waals surface area contributed by atoms with Crippen molar-refractivity contribution >= 4 is 46.1 Å². The van der Waals surface area contributed by atoms with E-state index < -0.39 is 18.0 Å². The van der Waals surface area contributed by atoms with Crippen molar-refractivity contribution in [3.63, 3.8) is 0 Å². The maximum atomic E-state index is 13.9. The molecule has 2 aromatic carbocycles. The summed E-state index contributed by atoms with van der Waals surface area (Å²) in [4.78, 5) is 46.5. The molecule has 1 fully saturated rings. The Morgan fingerprint density at radius 2 is 1.93 bits per heavy atom. The second kappa shape index (κ2) is 13.9. The van der Waals surface area contributed by atoms with Crippen molar-refractivity contribution in [3.8, 4) is 0 Å². The number of halogens is 2. The fourth-order valence-electron chi connectivity index (χ4n) is 5.02. The molecule has 9 nitrogen and oxygen atoms in total. The van der Waals surface area contributed by atoms with Crippen LogP contribution < -0.4 is 10.6 Å². The van der Waals surface area contributed by atoms with Crippen molar-refractivity contribution in [2.75, 3.05) is 38.6 Å². The Bertz CT molecular complexity index is 1440. The summed E-state index contributed by atoms with van der Waals surface area (Å²) < 4.78 is 19.4. The standard InChI is InChI=1S/C31H37ClFN5O4/c1-31(2)20-38(16-15-35-31)28(40)14-12-24(37(3)27(39)13-11-21-9-6-10-25(33)29(21)32)19-42-30(41)36-26-17-22-7-4-5-8-23(22)18-34-26/h4-10,17-18,24,35H,11-16,19-20H2,1-3H3,(H,34,36,41)/t24-/m0/s1. The van der Waals surface area contributed by atoms with E-state index in [0.717, 1.165) is 10.8 Å². The molecule has 11 heteroatoms. The first-order valence-electron chi connectivity index (χ1n) is 14.0. The number of nitrogens with zero attached hydrogens (tertiary/aromatic N) is 3. The molecule has 4 rings (SSSR count). The molecular weight excluding hydrogens is 561 g/mol. The largest absolute Gasteiger partial charge is 0.447 e. The van der Waals surface area contributed by atoms with E-state index in [0.29, 0.717) is 37.4 Å². The van der Waals surface area contributed by atoms with Crippen LogP contribution in [-0.4, -0.2) is 77.6 Å². The molecule has 2 N–H and O–H groups in total. The molecule has 3 aromatic rings.